The van der Waals surface area contributed by atoms with Crippen LogP contribution in [0, 0.1) is 5.92 Å². The van der Waals surface area contributed by atoms with E-state index in [1.54, 1.807) is 11.0 Å². The maximum atomic E-state index is 13.0. The number of hydrogen-bond acceptors (Lipinski definition) is 7. The molecule has 0 unspecified atom stereocenters. The van der Waals surface area contributed by atoms with Gasteiger partial charge in [-0.05, 0) is 25.0 Å². The molecule has 3 saturated heterocycles. The summed E-state index contributed by atoms with van der Waals surface area (Å²) in [6.45, 7) is 3.62. The van der Waals surface area contributed by atoms with Crippen LogP contribution in [0.2, 0.25) is 0 Å². The van der Waals surface area contributed by atoms with Gasteiger partial charge in [0.05, 0.1) is 13.2 Å². The molecule has 0 saturated carbocycles. The molecule has 0 N–H and O–H groups in total. The number of carbonyl (C=O) groups is 3. The molecule has 0 atom stereocenters. The number of hydrogen-bond donors (Lipinski definition) is 0. The molecule has 1 aromatic rings. The van der Waals surface area contributed by atoms with E-state index in [1.165, 1.54) is 32.6 Å². The number of carbonyl (C=O) groups excluding carboxylic acids is 3. The number of amides is 3. The zero-order valence-corrected chi connectivity index (χ0v) is 19.3. The normalized spacial score (nSPS) is 21.2. The van der Waals surface area contributed by atoms with Crippen molar-refractivity contribution in [3.8, 4) is 0 Å². The van der Waals surface area contributed by atoms with Crippen molar-refractivity contribution < 1.29 is 27.5 Å². The molecule has 0 aliphatic carbocycles. The summed E-state index contributed by atoms with van der Waals surface area (Å²) in [6, 6.07) is 3.10. The van der Waals surface area contributed by atoms with E-state index in [0.717, 1.165) is 0 Å². The molecule has 3 aliphatic heterocycles. The van der Waals surface area contributed by atoms with Gasteiger partial charge in [0.2, 0.25) is 15.9 Å². The van der Waals surface area contributed by atoms with Crippen LogP contribution in [0.15, 0.2) is 29.4 Å². The van der Waals surface area contributed by atoms with Crippen molar-refractivity contribution in [2.24, 2.45) is 5.92 Å². The molecule has 180 valence electrons. The highest BCUT2D eigenvalue weighted by Crippen LogP contribution is 2.25. The molecular weight excluding hydrogens is 450 g/mol. The van der Waals surface area contributed by atoms with E-state index in [1.807, 2.05) is 0 Å². The molecule has 33 heavy (non-hydrogen) atoms. The van der Waals surface area contributed by atoms with Crippen LogP contribution in [0.1, 0.15) is 12.8 Å². The Morgan fingerprint density at radius 2 is 1.42 bits per heavy atom. The van der Waals surface area contributed by atoms with E-state index < -0.39 is 21.8 Å². The van der Waals surface area contributed by atoms with E-state index in [4.69, 9.17) is 4.74 Å². The Bertz CT molecular complexity index is 966. The highest BCUT2D eigenvalue weighted by molar-refractivity contribution is 7.89. The molecule has 1 aromatic heterocycles. The summed E-state index contributed by atoms with van der Waals surface area (Å²) < 4.78 is 32.1. The van der Waals surface area contributed by atoms with Crippen molar-refractivity contribution >= 4 is 27.7 Å². The van der Waals surface area contributed by atoms with Crippen molar-refractivity contribution in [3.05, 3.63) is 24.5 Å². The van der Waals surface area contributed by atoms with Crippen LogP contribution in [0.25, 0.3) is 0 Å². The summed E-state index contributed by atoms with van der Waals surface area (Å²) in [5.41, 5.74) is 0. The number of morpholine rings is 1. The Labute approximate surface area is 193 Å². The van der Waals surface area contributed by atoms with Crippen molar-refractivity contribution in [3.63, 3.8) is 0 Å². The van der Waals surface area contributed by atoms with Crippen LogP contribution in [0.5, 0.6) is 0 Å². The fraction of sp³-hybridized carbons (Fsp3) is 0.619. The third kappa shape index (κ3) is 5.17. The van der Waals surface area contributed by atoms with Gasteiger partial charge in [0.1, 0.15) is 4.90 Å². The largest absolute Gasteiger partial charge is 0.378 e. The predicted molar refractivity (Wildman–Crippen MR) is 116 cm³/mol. The van der Waals surface area contributed by atoms with Crippen molar-refractivity contribution in [2.45, 2.75) is 17.7 Å². The standard InChI is InChI=1S/C21H29N5O6S/c27-19(17-3-6-26(7-4-17)33(30,31)18-2-1-5-22-16-18)23-8-10-24(11-9-23)20(28)21(29)25-12-14-32-15-13-25/h1-2,5,16-17H,3-4,6-15H2. The monoisotopic (exact) mass is 479 g/mol. The maximum Gasteiger partial charge on any atom is 0.312 e. The van der Waals surface area contributed by atoms with E-state index >= 15 is 0 Å². The van der Waals surface area contributed by atoms with Crippen LogP contribution < -0.4 is 0 Å². The zero-order chi connectivity index (χ0) is 23.4. The molecule has 4 heterocycles. The Kier molecular flexibility index (Phi) is 7.25. The van der Waals surface area contributed by atoms with Gasteiger partial charge in [0.25, 0.3) is 0 Å². The molecule has 0 aromatic carbocycles. The number of nitrogens with zero attached hydrogens (tertiary/aromatic N) is 5. The number of sulfonamides is 1. The van der Waals surface area contributed by atoms with Crippen molar-refractivity contribution in [1.29, 1.82) is 0 Å². The lowest BCUT2D eigenvalue weighted by Gasteiger charge is -2.38. The first kappa shape index (κ1) is 23.6. The molecular formula is C21H29N5O6S. The quantitative estimate of drug-likeness (QED) is 0.511. The Morgan fingerprint density at radius 3 is 2.00 bits per heavy atom. The van der Waals surface area contributed by atoms with Crippen LogP contribution in [-0.2, 0) is 29.1 Å². The molecule has 11 nitrogen and oxygen atoms in total. The Balaban J connectivity index is 1.26. The van der Waals surface area contributed by atoms with Gasteiger partial charge in [0.15, 0.2) is 0 Å². The predicted octanol–water partition coefficient (Wildman–Crippen LogP) is -0.988. The van der Waals surface area contributed by atoms with Crippen LogP contribution >= 0.6 is 0 Å². The lowest BCUT2D eigenvalue weighted by molar-refractivity contribution is -0.156. The van der Waals surface area contributed by atoms with Crippen LogP contribution in [-0.4, -0.2) is 116 Å². The summed E-state index contributed by atoms with van der Waals surface area (Å²) in [5, 5.41) is 0. The minimum atomic E-state index is -3.61. The van der Waals surface area contributed by atoms with Gasteiger partial charge in [0, 0.05) is 70.7 Å². The SMILES string of the molecule is O=C(C(=O)N1CCN(C(=O)C2CCN(S(=O)(=O)c3cccnc3)CC2)CC1)N1CCOCC1. The number of aromatic nitrogens is 1. The second kappa shape index (κ2) is 10.1. The average Bonchev–Trinajstić information content (AvgIpc) is 2.88. The lowest BCUT2D eigenvalue weighted by Crippen LogP contribution is -2.56. The molecule has 3 aliphatic rings. The second-order valence-corrected chi connectivity index (χ2v) is 10.3. The highest BCUT2D eigenvalue weighted by atomic mass is 32.2. The molecule has 0 spiro atoms. The van der Waals surface area contributed by atoms with Gasteiger partial charge >= 0.3 is 11.8 Å². The van der Waals surface area contributed by atoms with Crippen LogP contribution in [0.3, 0.4) is 0 Å². The van der Waals surface area contributed by atoms with Crippen molar-refractivity contribution in [2.75, 3.05) is 65.6 Å². The first-order valence-electron chi connectivity index (χ1n) is 11.2. The van der Waals surface area contributed by atoms with Gasteiger partial charge in [-0.2, -0.15) is 4.31 Å². The summed E-state index contributed by atoms with van der Waals surface area (Å²) >= 11 is 0. The minimum absolute atomic E-state index is 0.0139. The number of pyridine rings is 1. The number of piperazine rings is 1. The summed E-state index contributed by atoms with van der Waals surface area (Å²) in [7, 11) is -3.61. The number of rotatable bonds is 3. The van der Waals surface area contributed by atoms with Gasteiger partial charge < -0.3 is 19.4 Å². The zero-order valence-electron chi connectivity index (χ0n) is 18.5. The summed E-state index contributed by atoms with van der Waals surface area (Å²) in [4.78, 5) is 46.7. The highest BCUT2D eigenvalue weighted by Gasteiger charge is 2.36. The van der Waals surface area contributed by atoms with Gasteiger partial charge in [-0.25, -0.2) is 8.42 Å². The van der Waals surface area contributed by atoms with E-state index in [-0.39, 0.29) is 29.8 Å². The average molecular weight is 480 g/mol. The minimum Gasteiger partial charge on any atom is -0.378 e. The van der Waals surface area contributed by atoms with E-state index in [9.17, 15) is 22.8 Å². The molecule has 3 amide bonds. The van der Waals surface area contributed by atoms with Crippen LogP contribution in [0.4, 0.5) is 0 Å². The topological polar surface area (TPSA) is 120 Å². The third-order valence-electron chi connectivity index (χ3n) is 6.44. The lowest BCUT2D eigenvalue weighted by atomic mass is 9.96. The molecule has 3 fully saturated rings. The molecule has 0 bridgehead atoms. The smallest absolute Gasteiger partial charge is 0.312 e. The summed E-state index contributed by atoms with van der Waals surface area (Å²) in [5.74, 6) is -1.30. The Morgan fingerprint density at radius 1 is 0.848 bits per heavy atom. The first-order valence-corrected chi connectivity index (χ1v) is 12.7. The molecule has 4 rings (SSSR count). The Hall–Kier alpha value is -2.57. The van der Waals surface area contributed by atoms with E-state index in [2.05, 4.69) is 4.98 Å². The summed E-state index contributed by atoms with van der Waals surface area (Å²) in [6.07, 6.45) is 3.76. The maximum absolute atomic E-state index is 13.0. The molecule has 0 radical (unpaired) electrons. The number of ether oxygens (including phenoxy) is 1. The molecule has 12 heteroatoms. The van der Waals surface area contributed by atoms with Gasteiger partial charge in [-0.15, -0.1) is 0 Å². The van der Waals surface area contributed by atoms with E-state index in [0.29, 0.717) is 65.3 Å². The number of piperidine rings is 1. The van der Waals surface area contributed by atoms with Gasteiger partial charge in [-0.3, -0.25) is 19.4 Å². The fourth-order valence-corrected chi connectivity index (χ4v) is 5.85. The van der Waals surface area contributed by atoms with Crippen molar-refractivity contribution in [1.82, 2.24) is 24.0 Å². The fourth-order valence-electron chi connectivity index (χ4n) is 4.42. The first-order chi connectivity index (χ1) is 15.9. The second-order valence-electron chi connectivity index (χ2n) is 8.39. The third-order valence-corrected chi connectivity index (χ3v) is 8.32. The van der Waals surface area contributed by atoms with Gasteiger partial charge in [-0.1, -0.05) is 0 Å².